The van der Waals surface area contributed by atoms with Gasteiger partial charge in [-0.25, -0.2) is 18.3 Å². The molecule has 1 N–H and O–H groups in total. The van der Waals surface area contributed by atoms with Crippen molar-refractivity contribution in [3.8, 4) is 0 Å². The normalized spacial score (nSPS) is 11.0. The second kappa shape index (κ2) is 4.93. The first-order chi connectivity index (χ1) is 10.0. The largest absolute Gasteiger partial charge is 0.478 e. The fraction of sp³-hybridized carbons (Fsp3) is 0.0714. The van der Waals surface area contributed by atoms with E-state index in [-0.39, 0.29) is 12.1 Å². The first-order valence-electron chi connectivity index (χ1n) is 6.05. The number of halogens is 2. The van der Waals surface area contributed by atoms with Crippen molar-refractivity contribution < 1.29 is 18.7 Å². The minimum Gasteiger partial charge on any atom is -0.478 e. The van der Waals surface area contributed by atoms with Crippen LogP contribution in [0.25, 0.3) is 11.0 Å². The van der Waals surface area contributed by atoms with Crippen molar-refractivity contribution in [1.29, 1.82) is 0 Å². The zero-order valence-electron chi connectivity index (χ0n) is 10.6. The molecule has 0 spiro atoms. The summed E-state index contributed by atoms with van der Waals surface area (Å²) in [6.45, 7) is 0.163. The van der Waals surface area contributed by atoms with Gasteiger partial charge in [0.15, 0.2) is 11.6 Å². The van der Waals surface area contributed by atoms with Gasteiger partial charge in [-0.05, 0) is 35.9 Å². The molecule has 0 bridgehead atoms. The van der Waals surface area contributed by atoms with Gasteiger partial charge in [-0.2, -0.15) is 0 Å². The predicted octanol–water partition coefficient (Wildman–Crippen LogP) is 2.46. The third kappa shape index (κ3) is 2.45. The van der Waals surface area contributed by atoms with Crippen LogP contribution in [0.4, 0.5) is 8.78 Å². The van der Waals surface area contributed by atoms with Crippen molar-refractivity contribution in [3.05, 3.63) is 59.2 Å². The fourth-order valence-electron chi connectivity index (χ4n) is 2.03. The molecule has 0 radical (unpaired) electrons. The lowest BCUT2D eigenvalue weighted by Crippen LogP contribution is -2.03. The van der Waals surface area contributed by atoms with Gasteiger partial charge in [-0.1, -0.05) is 11.3 Å². The summed E-state index contributed by atoms with van der Waals surface area (Å²) in [5.74, 6) is -2.92. The molecule has 5 nitrogen and oxygen atoms in total. The molecular formula is C14H9F2N3O2. The van der Waals surface area contributed by atoms with Gasteiger partial charge >= 0.3 is 5.97 Å². The van der Waals surface area contributed by atoms with E-state index in [4.69, 9.17) is 5.11 Å². The van der Waals surface area contributed by atoms with Crippen molar-refractivity contribution >= 4 is 17.0 Å². The Kier molecular flexibility index (Phi) is 3.09. The van der Waals surface area contributed by atoms with Crippen LogP contribution in [0.2, 0.25) is 0 Å². The number of aromatic carboxylic acids is 1. The molecule has 106 valence electrons. The van der Waals surface area contributed by atoms with Gasteiger partial charge in [0, 0.05) is 0 Å². The van der Waals surface area contributed by atoms with Crippen molar-refractivity contribution in [2.24, 2.45) is 0 Å². The topological polar surface area (TPSA) is 68.0 Å². The Hall–Kier alpha value is -2.83. The first-order valence-corrected chi connectivity index (χ1v) is 6.05. The van der Waals surface area contributed by atoms with Gasteiger partial charge in [0.1, 0.15) is 5.52 Å². The Morgan fingerprint density at radius 1 is 1.14 bits per heavy atom. The SMILES string of the molecule is O=C(O)c1ccc2nnn(Cc3ccc(F)c(F)c3)c2c1. The smallest absolute Gasteiger partial charge is 0.335 e. The van der Waals surface area contributed by atoms with Crippen LogP contribution in [0, 0.1) is 11.6 Å². The third-order valence-electron chi connectivity index (χ3n) is 3.08. The number of carbonyl (C=O) groups is 1. The van der Waals surface area contributed by atoms with Crippen molar-refractivity contribution in [1.82, 2.24) is 15.0 Å². The molecule has 0 fully saturated rings. The highest BCUT2D eigenvalue weighted by Gasteiger charge is 2.10. The average Bonchev–Trinajstić information content (AvgIpc) is 2.85. The zero-order valence-corrected chi connectivity index (χ0v) is 10.6. The van der Waals surface area contributed by atoms with Gasteiger partial charge in [0.2, 0.25) is 0 Å². The number of carboxylic acid groups (broad SMARTS) is 1. The quantitative estimate of drug-likeness (QED) is 0.804. The molecule has 0 aliphatic carbocycles. The van der Waals surface area contributed by atoms with Gasteiger partial charge in [0.05, 0.1) is 17.6 Å². The summed E-state index contributed by atoms with van der Waals surface area (Å²) < 4.78 is 27.5. The predicted molar refractivity (Wildman–Crippen MR) is 69.9 cm³/mol. The fourth-order valence-corrected chi connectivity index (χ4v) is 2.03. The van der Waals surface area contributed by atoms with Crippen LogP contribution in [-0.2, 0) is 6.54 Å². The third-order valence-corrected chi connectivity index (χ3v) is 3.08. The lowest BCUT2D eigenvalue weighted by Gasteiger charge is -2.04. The summed E-state index contributed by atoms with van der Waals surface area (Å²) in [5, 5.41) is 16.8. The summed E-state index contributed by atoms with van der Waals surface area (Å²) >= 11 is 0. The minimum absolute atomic E-state index is 0.108. The molecular weight excluding hydrogens is 280 g/mol. The summed E-state index contributed by atoms with van der Waals surface area (Å²) in [6.07, 6.45) is 0. The maximum atomic E-state index is 13.2. The molecule has 3 rings (SSSR count). The number of nitrogens with zero attached hydrogens (tertiary/aromatic N) is 3. The highest BCUT2D eigenvalue weighted by atomic mass is 19.2. The van der Waals surface area contributed by atoms with Crippen LogP contribution in [0.15, 0.2) is 36.4 Å². The van der Waals surface area contributed by atoms with E-state index in [1.807, 2.05) is 0 Å². The number of hydrogen-bond acceptors (Lipinski definition) is 3. The van der Waals surface area contributed by atoms with Gasteiger partial charge in [0.25, 0.3) is 0 Å². The van der Waals surface area contributed by atoms with Gasteiger partial charge in [-0.15, -0.1) is 5.10 Å². The number of carboxylic acids is 1. The van der Waals surface area contributed by atoms with E-state index >= 15 is 0 Å². The van der Waals surface area contributed by atoms with Crippen LogP contribution in [0.3, 0.4) is 0 Å². The van der Waals surface area contributed by atoms with Gasteiger partial charge in [-0.3, -0.25) is 0 Å². The van der Waals surface area contributed by atoms with Crippen LogP contribution in [0.5, 0.6) is 0 Å². The number of aromatic nitrogens is 3. The number of rotatable bonds is 3. The number of benzene rings is 2. The molecule has 1 aromatic heterocycles. The summed E-state index contributed by atoms with van der Waals surface area (Å²) in [6, 6.07) is 7.97. The molecule has 0 amide bonds. The van der Waals surface area contributed by atoms with E-state index in [0.717, 1.165) is 12.1 Å². The average molecular weight is 289 g/mol. The second-order valence-electron chi connectivity index (χ2n) is 4.50. The van der Waals surface area contributed by atoms with Crippen molar-refractivity contribution in [3.63, 3.8) is 0 Å². The van der Waals surface area contributed by atoms with E-state index in [2.05, 4.69) is 10.3 Å². The molecule has 7 heteroatoms. The van der Waals surface area contributed by atoms with Crippen LogP contribution < -0.4 is 0 Å². The molecule has 0 saturated carbocycles. The molecule has 0 unspecified atom stereocenters. The van der Waals surface area contributed by atoms with Crippen LogP contribution in [-0.4, -0.2) is 26.1 Å². The molecule has 21 heavy (non-hydrogen) atoms. The van der Waals surface area contributed by atoms with E-state index < -0.39 is 17.6 Å². The molecule has 0 saturated heterocycles. The molecule has 0 aliphatic heterocycles. The van der Waals surface area contributed by atoms with E-state index in [1.165, 1.54) is 22.9 Å². The lowest BCUT2D eigenvalue weighted by molar-refractivity contribution is 0.0697. The Balaban J connectivity index is 2.01. The van der Waals surface area contributed by atoms with Crippen LogP contribution in [0.1, 0.15) is 15.9 Å². The van der Waals surface area contributed by atoms with Gasteiger partial charge < -0.3 is 5.11 Å². The van der Waals surface area contributed by atoms with E-state index in [0.29, 0.717) is 16.6 Å². The number of hydrogen-bond donors (Lipinski definition) is 1. The van der Waals surface area contributed by atoms with Crippen molar-refractivity contribution in [2.45, 2.75) is 6.54 Å². The number of fused-ring (bicyclic) bond motifs is 1. The Labute approximate surface area is 117 Å². The summed E-state index contributed by atoms with van der Waals surface area (Å²) in [5.41, 5.74) is 1.65. The lowest BCUT2D eigenvalue weighted by atomic mass is 10.2. The zero-order chi connectivity index (χ0) is 15.0. The second-order valence-corrected chi connectivity index (χ2v) is 4.50. The molecule has 2 aromatic carbocycles. The van der Waals surface area contributed by atoms with E-state index in [9.17, 15) is 13.6 Å². The molecule has 1 heterocycles. The Morgan fingerprint density at radius 2 is 1.95 bits per heavy atom. The maximum Gasteiger partial charge on any atom is 0.335 e. The Bertz CT molecular complexity index is 845. The molecule has 0 atom stereocenters. The standard InChI is InChI=1S/C14H9F2N3O2/c15-10-3-1-8(5-11(10)16)7-19-13-6-9(14(20)21)2-4-12(13)17-18-19/h1-6H,7H2,(H,20,21). The monoisotopic (exact) mass is 289 g/mol. The summed E-state index contributed by atoms with van der Waals surface area (Å²) in [7, 11) is 0. The summed E-state index contributed by atoms with van der Waals surface area (Å²) in [4.78, 5) is 11.0. The van der Waals surface area contributed by atoms with E-state index in [1.54, 1.807) is 6.07 Å². The first kappa shape index (κ1) is 13.2. The minimum atomic E-state index is -1.06. The highest BCUT2D eigenvalue weighted by Crippen LogP contribution is 2.16. The highest BCUT2D eigenvalue weighted by molar-refractivity contribution is 5.92. The molecule has 3 aromatic rings. The molecule has 0 aliphatic rings. The van der Waals surface area contributed by atoms with Crippen molar-refractivity contribution in [2.75, 3.05) is 0 Å². The maximum absolute atomic E-state index is 13.2. The Morgan fingerprint density at radius 3 is 2.67 bits per heavy atom. The van der Waals surface area contributed by atoms with Crippen LogP contribution >= 0.6 is 0 Å².